The average molecular weight is 272 g/mol. The molecule has 0 radical (unpaired) electrons. The predicted octanol–water partition coefficient (Wildman–Crippen LogP) is 0.211. The molecule has 16 heavy (non-hydrogen) atoms. The third-order valence-electron chi connectivity index (χ3n) is 1.98. The van der Waals surface area contributed by atoms with E-state index in [1.54, 1.807) is 0 Å². The number of hydrogen-bond donors (Lipinski definition) is 3. The molecular formula is C8H20BCl2N3O2. The van der Waals surface area contributed by atoms with Crippen LogP contribution in [0.1, 0.15) is 26.2 Å². The summed E-state index contributed by atoms with van der Waals surface area (Å²) in [5.41, 5.74) is 5.13. The highest BCUT2D eigenvalue weighted by atomic mass is 35.5. The smallest absolute Gasteiger partial charge is 0.325 e. The maximum absolute atomic E-state index is 11.3. The molecule has 1 atom stereocenters. The van der Waals surface area contributed by atoms with Gasteiger partial charge in [0.2, 0.25) is 0 Å². The molecule has 4 N–H and O–H groups in total. The van der Waals surface area contributed by atoms with E-state index in [4.69, 9.17) is 11.1 Å². The minimum atomic E-state index is -0.243. The van der Waals surface area contributed by atoms with Gasteiger partial charge in [-0.1, -0.05) is 19.8 Å². The van der Waals surface area contributed by atoms with Gasteiger partial charge in [0.25, 0.3) is 5.97 Å². The van der Waals surface area contributed by atoms with Crippen molar-refractivity contribution in [2.24, 2.45) is 11.7 Å². The number of halogens is 2. The van der Waals surface area contributed by atoms with Crippen molar-refractivity contribution >= 4 is 44.8 Å². The molecule has 0 aromatic rings. The number of carbonyl (C=O) groups excluding carboxylic acids is 1. The first-order valence-corrected chi connectivity index (χ1v) is 4.77. The minimum Gasteiger partial charge on any atom is -0.543 e. The van der Waals surface area contributed by atoms with Crippen LogP contribution in [0.3, 0.4) is 0 Å². The number of guanidine groups is 1. The van der Waals surface area contributed by atoms with Gasteiger partial charge in [-0.15, -0.1) is 24.8 Å². The topological polar surface area (TPSA) is 88.2 Å². The Morgan fingerprint density at radius 3 is 2.50 bits per heavy atom. The van der Waals surface area contributed by atoms with Gasteiger partial charge in [-0.05, 0) is 6.42 Å². The summed E-state index contributed by atoms with van der Waals surface area (Å²) in [5, 5.41) is 9.61. The zero-order chi connectivity index (χ0) is 11.0. The van der Waals surface area contributed by atoms with Crippen LogP contribution in [0.15, 0.2) is 0 Å². The van der Waals surface area contributed by atoms with Crippen LogP contribution in [-0.2, 0) is 9.45 Å². The molecule has 0 aliphatic carbocycles. The average Bonchev–Trinajstić information content (AvgIpc) is 2.16. The molecule has 0 spiro atoms. The van der Waals surface area contributed by atoms with Crippen molar-refractivity contribution in [3.63, 3.8) is 0 Å². The molecule has 5 nitrogen and oxygen atoms in total. The second kappa shape index (κ2) is 12.5. The number of nitrogens with two attached hydrogens (primary N) is 1. The van der Waals surface area contributed by atoms with E-state index >= 15 is 0 Å². The Morgan fingerprint density at radius 1 is 1.56 bits per heavy atom. The minimum absolute atomic E-state index is 0. The lowest BCUT2D eigenvalue weighted by Gasteiger charge is -2.15. The van der Waals surface area contributed by atoms with Gasteiger partial charge in [0.05, 0.1) is 5.92 Å². The molecule has 0 fully saturated rings. The highest BCUT2D eigenvalue weighted by Gasteiger charge is 2.17. The molecule has 1 unspecified atom stereocenters. The van der Waals surface area contributed by atoms with E-state index in [1.165, 1.54) is 8.05 Å². The molecule has 0 heterocycles. The largest absolute Gasteiger partial charge is 0.543 e. The van der Waals surface area contributed by atoms with E-state index in [-0.39, 0.29) is 42.7 Å². The van der Waals surface area contributed by atoms with Crippen LogP contribution < -0.4 is 11.1 Å². The molecule has 0 aliphatic rings. The number of rotatable bonds is 6. The molecule has 96 valence electrons. The maximum Gasteiger partial charge on any atom is 0.325 e. The summed E-state index contributed by atoms with van der Waals surface area (Å²) in [6.45, 7) is 2.44. The summed E-state index contributed by atoms with van der Waals surface area (Å²) in [7, 11) is 1.37. The van der Waals surface area contributed by atoms with Gasteiger partial charge in [-0.25, -0.2) is 0 Å². The molecule has 0 aliphatic heterocycles. The Balaban J connectivity index is -0.000000845. The third-order valence-corrected chi connectivity index (χ3v) is 1.98. The fourth-order valence-corrected chi connectivity index (χ4v) is 1.15. The van der Waals surface area contributed by atoms with Crippen LogP contribution in [0.5, 0.6) is 0 Å². The zero-order valence-corrected chi connectivity index (χ0v) is 11.2. The van der Waals surface area contributed by atoms with Crippen molar-refractivity contribution in [2.75, 3.05) is 6.54 Å². The highest BCUT2D eigenvalue weighted by Crippen LogP contribution is 2.08. The van der Waals surface area contributed by atoms with Crippen LogP contribution in [-0.4, -0.2) is 26.5 Å². The van der Waals surface area contributed by atoms with Crippen LogP contribution >= 0.6 is 24.8 Å². The first-order chi connectivity index (χ1) is 6.61. The number of nitrogens with one attached hydrogen (secondary N) is 2. The first kappa shape index (κ1) is 20.8. The van der Waals surface area contributed by atoms with Gasteiger partial charge < -0.3 is 15.7 Å². The lowest BCUT2D eigenvalue weighted by Crippen LogP contribution is -2.37. The van der Waals surface area contributed by atoms with Crippen molar-refractivity contribution in [1.82, 2.24) is 5.32 Å². The SMILES string of the molecule is BOC(=O)C(CCCC)CNC(=N)N.Cl.Cl. The van der Waals surface area contributed by atoms with Crippen molar-refractivity contribution in [3.8, 4) is 0 Å². The summed E-state index contributed by atoms with van der Waals surface area (Å²) >= 11 is 0. The fourth-order valence-electron chi connectivity index (χ4n) is 1.15. The Morgan fingerprint density at radius 2 is 2.12 bits per heavy atom. The van der Waals surface area contributed by atoms with Crippen LogP contribution in [0.25, 0.3) is 0 Å². The first-order valence-electron chi connectivity index (χ1n) is 4.77. The van der Waals surface area contributed by atoms with Crippen molar-refractivity contribution < 1.29 is 9.45 Å². The van der Waals surface area contributed by atoms with E-state index in [2.05, 4.69) is 16.9 Å². The summed E-state index contributed by atoms with van der Waals surface area (Å²) < 4.78 is 4.65. The summed E-state index contributed by atoms with van der Waals surface area (Å²) in [5.74, 6) is -0.563. The van der Waals surface area contributed by atoms with Crippen molar-refractivity contribution in [3.05, 3.63) is 0 Å². The Bertz CT molecular complexity index is 208. The molecule has 8 heteroatoms. The summed E-state index contributed by atoms with van der Waals surface area (Å²) in [4.78, 5) is 11.3. The van der Waals surface area contributed by atoms with E-state index in [0.29, 0.717) is 6.54 Å². The second-order valence-electron chi connectivity index (χ2n) is 3.16. The molecule has 0 rings (SSSR count). The summed E-state index contributed by atoms with van der Waals surface area (Å²) in [6, 6.07) is 0. The van der Waals surface area contributed by atoms with Gasteiger partial charge in [-0.2, -0.15) is 0 Å². The predicted molar refractivity (Wildman–Crippen MR) is 72.1 cm³/mol. The van der Waals surface area contributed by atoms with Crippen LogP contribution in [0.2, 0.25) is 0 Å². The van der Waals surface area contributed by atoms with Gasteiger partial charge in [0.15, 0.2) is 5.96 Å². The Kier molecular flexibility index (Phi) is 16.2. The van der Waals surface area contributed by atoms with E-state index in [1.807, 2.05) is 0 Å². The number of unbranched alkanes of at least 4 members (excludes halogenated alkanes) is 1. The van der Waals surface area contributed by atoms with Gasteiger partial charge in [0, 0.05) is 6.54 Å². The fraction of sp³-hybridized carbons (Fsp3) is 0.750. The molecule has 0 saturated heterocycles. The van der Waals surface area contributed by atoms with Gasteiger partial charge >= 0.3 is 8.05 Å². The van der Waals surface area contributed by atoms with E-state index in [9.17, 15) is 4.79 Å². The highest BCUT2D eigenvalue weighted by molar-refractivity contribution is 6.05. The Hall–Kier alpha value is -0.615. The summed E-state index contributed by atoms with van der Waals surface area (Å²) in [6.07, 6.45) is 2.77. The van der Waals surface area contributed by atoms with E-state index < -0.39 is 0 Å². The van der Waals surface area contributed by atoms with Gasteiger partial charge in [-0.3, -0.25) is 10.2 Å². The standard InChI is InChI=1S/C8H18BN3O2.2ClH/c1-2-3-4-6(7(13)14-9)5-12-8(10)11;;/h6H,2-5,9H2,1H3,(H4,10,11,12);2*1H. The molecular weight excluding hydrogens is 252 g/mol. The normalized spacial score (nSPS) is 10.3. The van der Waals surface area contributed by atoms with Crippen LogP contribution in [0.4, 0.5) is 0 Å². The van der Waals surface area contributed by atoms with Crippen molar-refractivity contribution in [2.45, 2.75) is 26.2 Å². The lowest BCUT2D eigenvalue weighted by atomic mass is 10.0. The third kappa shape index (κ3) is 9.92. The number of carbonyl (C=O) groups is 1. The Labute approximate surface area is 110 Å². The molecule has 0 amide bonds. The number of hydrogen-bond acceptors (Lipinski definition) is 3. The second-order valence-corrected chi connectivity index (χ2v) is 3.16. The lowest BCUT2D eigenvalue weighted by molar-refractivity contribution is -0.138. The zero-order valence-electron chi connectivity index (χ0n) is 9.62. The molecule has 0 saturated carbocycles. The molecule has 0 aromatic heterocycles. The monoisotopic (exact) mass is 271 g/mol. The van der Waals surface area contributed by atoms with Gasteiger partial charge in [0.1, 0.15) is 0 Å². The van der Waals surface area contributed by atoms with Crippen molar-refractivity contribution in [1.29, 1.82) is 5.41 Å². The van der Waals surface area contributed by atoms with Crippen LogP contribution in [0, 0.1) is 11.3 Å². The van der Waals surface area contributed by atoms with E-state index in [0.717, 1.165) is 19.3 Å². The maximum atomic E-state index is 11.3. The molecule has 0 bridgehead atoms. The quantitative estimate of drug-likeness (QED) is 0.366. The molecule has 0 aromatic carbocycles.